The summed E-state index contributed by atoms with van der Waals surface area (Å²) in [5, 5.41) is 20.2. The number of amides is 1. The highest BCUT2D eigenvalue weighted by molar-refractivity contribution is 8.00. The van der Waals surface area contributed by atoms with Crippen molar-refractivity contribution in [3.8, 4) is 16.9 Å². The van der Waals surface area contributed by atoms with Gasteiger partial charge in [0.1, 0.15) is 11.0 Å². The van der Waals surface area contributed by atoms with Crippen LogP contribution in [0.2, 0.25) is 0 Å². The van der Waals surface area contributed by atoms with Gasteiger partial charge in [-0.3, -0.25) is 9.78 Å². The van der Waals surface area contributed by atoms with Gasteiger partial charge in [0, 0.05) is 49.2 Å². The number of benzene rings is 3. The van der Waals surface area contributed by atoms with E-state index in [1.807, 2.05) is 98.8 Å². The predicted molar refractivity (Wildman–Crippen MR) is 155 cm³/mol. The molecule has 1 fully saturated rings. The number of pyridine rings is 1. The highest BCUT2D eigenvalue weighted by Gasteiger charge is 2.49. The van der Waals surface area contributed by atoms with E-state index >= 15 is 0 Å². The molecule has 0 saturated carbocycles. The van der Waals surface area contributed by atoms with Crippen molar-refractivity contribution in [2.45, 2.75) is 24.3 Å². The molecule has 38 heavy (non-hydrogen) atoms. The molecule has 194 valence electrons. The van der Waals surface area contributed by atoms with E-state index in [0.29, 0.717) is 5.75 Å². The Bertz CT molecular complexity index is 1410. The molecule has 2 N–H and O–H groups in total. The molecule has 0 radical (unpaired) electrons. The molecule has 0 spiro atoms. The molecule has 3 aromatic carbocycles. The molecule has 1 amide bonds. The van der Waals surface area contributed by atoms with Gasteiger partial charge in [0.2, 0.25) is 5.91 Å². The summed E-state index contributed by atoms with van der Waals surface area (Å²) in [4.78, 5) is 21.6. The van der Waals surface area contributed by atoms with Crippen LogP contribution in [0.3, 0.4) is 0 Å². The van der Waals surface area contributed by atoms with Crippen molar-refractivity contribution >= 4 is 29.0 Å². The number of aliphatic hydroxyl groups is 1. The van der Waals surface area contributed by atoms with Crippen molar-refractivity contribution in [1.82, 2.24) is 4.98 Å². The first-order valence-electron chi connectivity index (χ1n) is 12.5. The van der Waals surface area contributed by atoms with Gasteiger partial charge in [-0.2, -0.15) is 0 Å². The van der Waals surface area contributed by atoms with Gasteiger partial charge >= 0.3 is 0 Å². The van der Waals surface area contributed by atoms with E-state index in [-0.39, 0.29) is 22.9 Å². The Kier molecular flexibility index (Phi) is 7.40. The molecule has 5 rings (SSSR count). The fourth-order valence-electron chi connectivity index (χ4n) is 4.79. The maximum absolute atomic E-state index is 13.5. The fourth-order valence-corrected chi connectivity index (χ4v) is 6.09. The average Bonchev–Trinajstić information content (AvgIpc) is 2.93. The van der Waals surface area contributed by atoms with Gasteiger partial charge in [-0.05, 0) is 53.9 Å². The molecule has 1 aliphatic heterocycles. The second-order valence-corrected chi connectivity index (χ2v) is 10.9. The Morgan fingerprint density at radius 3 is 2.32 bits per heavy atom. The van der Waals surface area contributed by atoms with Gasteiger partial charge in [0.25, 0.3) is 0 Å². The van der Waals surface area contributed by atoms with E-state index in [2.05, 4.69) is 9.88 Å². The molecule has 7 heteroatoms. The number of aromatic hydroxyl groups is 1. The largest absolute Gasteiger partial charge is 0.508 e. The normalized spacial score (nSPS) is 17.7. The lowest BCUT2D eigenvalue weighted by molar-refractivity contribution is -0.123. The summed E-state index contributed by atoms with van der Waals surface area (Å²) in [7, 11) is 4.00. The predicted octanol–water partition coefficient (Wildman–Crippen LogP) is 5.75. The maximum Gasteiger partial charge on any atom is 0.243 e. The molecular formula is C31H31N3O3S. The van der Waals surface area contributed by atoms with Crippen LogP contribution in [0, 0.1) is 6.92 Å². The number of phenolic OH excluding ortho intramolecular Hbond substituents is 1. The van der Waals surface area contributed by atoms with Crippen LogP contribution in [-0.2, 0) is 4.79 Å². The highest BCUT2D eigenvalue weighted by atomic mass is 32.2. The standard InChI is InChI=1S/C31H31N3O3S/c1-20-4-6-22(7-5-20)28(36)19-38-30-29(23-10-14-25(35)15-11-23)34(31(30)37)24-12-8-21(9-13-24)26-18-32-17-16-27(26)33(2)3/h4-18,28-30,35-36H,19H2,1-3H3/t28?,29?,30-/m1/s1. The van der Waals surface area contributed by atoms with Crippen molar-refractivity contribution in [1.29, 1.82) is 0 Å². The summed E-state index contributed by atoms with van der Waals surface area (Å²) in [5.41, 5.74) is 6.84. The Hall–Kier alpha value is -3.81. The first-order chi connectivity index (χ1) is 18.3. The zero-order chi connectivity index (χ0) is 26.8. The van der Waals surface area contributed by atoms with Gasteiger partial charge < -0.3 is 20.0 Å². The van der Waals surface area contributed by atoms with Crippen molar-refractivity contribution in [3.05, 3.63) is 108 Å². The minimum Gasteiger partial charge on any atom is -0.508 e. The number of thioether (sulfide) groups is 1. The van der Waals surface area contributed by atoms with E-state index < -0.39 is 6.10 Å². The van der Waals surface area contributed by atoms with Crippen LogP contribution in [0.25, 0.3) is 11.1 Å². The number of aliphatic hydroxyl groups excluding tert-OH is 1. The lowest BCUT2D eigenvalue weighted by Crippen LogP contribution is -2.57. The number of rotatable bonds is 8. The number of hydrogen-bond donors (Lipinski definition) is 2. The van der Waals surface area contributed by atoms with Gasteiger partial charge in [0.15, 0.2) is 0 Å². The van der Waals surface area contributed by atoms with Gasteiger partial charge in [0.05, 0.1) is 12.1 Å². The molecule has 1 aliphatic rings. The summed E-state index contributed by atoms with van der Waals surface area (Å²) in [5.74, 6) is 0.601. The Morgan fingerprint density at radius 1 is 0.974 bits per heavy atom. The number of hydrogen-bond acceptors (Lipinski definition) is 6. The number of β-lactam (4-membered cyclic amide) rings is 1. The molecule has 1 saturated heterocycles. The van der Waals surface area contributed by atoms with E-state index in [0.717, 1.165) is 39.2 Å². The zero-order valence-electron chi connectivity index (χ0n) is 21.7. The van der Waals surface area contributed by atoms with E-state index in [4.69, 9.17) is 0 Å². The first-order valence-corrected chi connectivity index (χ1v) is 13.6. The molecule has 6 nitrogen and oxygen atoms in total. The minimum atomic E-state index is -0.660. The van der Waals surface area contributed by atoms with Crippen molar-refractivity contribution in [3.63, 3.8) is 0 Å². The second kappa shape index (κ2) is 10.9. The van der Waals surface area contributed by atoms with Crippen LogP contribution in [-0.4, -0.2) is 46.2 Å². The van der Waals surface area contributed by atoms with E-state index in [1.165, 1.54) is 11.8 Å². The molecule has 4 aromatic rings. The Labute approximate surface area is 227 Å². The minimum absolute atomic E-state index is 0.00675. The summed E-state index contributed by atoms with van der Waals surface area (Å²) < 4.78 is 0. The molecule has 0 bridgehead atoms. The number of aryl methyl sites for hydroxylation is 1. The number of nitrogens with zero attached hydrogens (tertiary/aromatic N) is 3. The third-order valence-electron chi connectivity index (χ3n) is 6.91. The summed E-state index contributed by atoms with van der Waals surface area (Å²) >= 11 is 1.47. The monoisotopic (exact) mass is 525 g/mol. The smallest absolute Gasteiger partial charge is 0.243 e. The molecule has 2 heterocycles. The van der Waals surface area contributed by atoms with E-state index in [9.17, 15) is 15.0 Å². The second-order valence-electron chi connectivity index (χ2n) is 9.76. The fraction of sp³-hybridized carbons (Fsp3) is 0.226. The number of carbonyl (C=O) groups excluding carboxylic acids is 1. The third-order valence-corrected chi connectivity index (χ3v) is 8.24. The number of phenols is 1. The van der Waals surface area contributed by atoms with Crippen molar-refractivity contribution in [2.75, 3.05) is 29.6 Å². The van der Waals surface area contributed by atoms with Crippen LogP contribution < -0.4 is 9.80 Å². The average molecular weight is 526 g/mol. The lowest BCUT2D eigenvalue weighted by atomic mass is 9.92. The summed E-state index contributed by atoms with van der Waals surface area (Å²) in [6.45, 7) is 2.01. The quantitative estimate of drug-likeness (QED) is 0.285. The van der Waals surface area contributed by atoms with Gasteiger partial charge in [-0.25, -0.2) is 0 Å². The SMILES string of the molecule is Cc1ccc(C(O)CS[C@H]2C(=O)N(c3ccc(-c4cnccc4N(C)C)cc3)C2c2ccc(O)cc2)cc1. The number of anilines is 2. The van der Waals surface area contributed by atoms with Crippen LogP contribution in [0.1, 0.15) is 28.8 Å². The van der Waals surface area contributed by atoms with Crippen molar-refractivity contribution < 1.29 is 15.0 Å². The molecule has 3 atom stereocenters. The zero-order valence-corrected chi connectivity index (χ0v) is 22.5. The molecule has 2 unspecified atom stereocenters. The molecule has 0 aliphatic carbocycles. The Morgan fingerprint density at radius 2 is 1.66 bits per heavy atom. The third kappa shape index (κ3) is 5.12. The lowest BCUT2D eigenvalue weighted by Gasteiger charge is -2.47. The van der Waals surface area contributed by atoms with Crippen LogP contribution in [0.15, 0.2) is 91.3 Å². The van der Waals surface area contributed by atoms with Gasteiger partial charge in [-0.1, -0.05) is 54.1 Å². The van der Waals surface area contributed by atoms with Crippen LogP contribution in [0.4, 0.5) is 11.4 Å². The first kappa shape index (κ1) is 25.8. The van der Waals surface area contributed by atoms with Crippen LogP contribution >= 0.6 is 11.8 Å². The molecular weight excluding hydrogens is 494 g/mol. The van der Waals surface area contributed by atoms with Crippen LogP contribution in [0.5, 0.6) is 5.75 Å². The van der Waals surface area contributed by atoms with Crippen molar-refractivity contribution in [2.24, 2.45) is 0 Å². The number of aromatic nitrogens is 1. The van der Waals surface area contributed by atoms with Gasteiger partial charge in [-0.15, -0.1) is 11.8 Å². The molecule has 1 aromatic heterocycles. The summed E-state index contributed by atoms with van der Waals surface area (Å²) in [6, 6.07) is 24.6. The highest BCUT2D eigenvalue weighted by Crippen LogP contribution is 2.46. The topological polar surface area (TPSA) is 76.9 Å². The Balaban J connectivity index is 1.39. The summed E-state index contributed by atoms with van der Waals surface area (Å²) in [6.07, 6.45) is 2.97. The maximum atomic E-state index is 13.5. The van der Waals surface area contributed by atoms with E-state index in [1.54, 1.807) is 18.3 Å². The number of carbonyl (C=O) groups is 1.